The van der Waals surface area contributed by atoms with Gasteiger partial charge in [0.2, 0.25) is 0 Å². The van der Waals surface area contributed by atoms with E-state index < -0.39 is 0 Å². The summed E-state index contributed by atoms with van der Waals surface area (Å²) in [6.07, 6.45) is 0.885. The molecular weight excluding hydrogens is 894 g/mol. The fourth-order valence-electron chi connectivity index (χ4n) is 4.79. The van der Waals surface area contributed by atoms with Crippen molar-refractivity contribution < 1.29 is 14.4 Å². The second-order valence-corrected chi connectivity index (χ2v) is 12.7. The predicted molar refractivity (Wildman–Crippen MR) is 226 cm³/mol. The molecule has 0 aliphatic carbocycles. The summed E-state index contributed by atoms with van der Waals surface area (Å²) in [5.41, 5.74) is 4.99. The Kier molecular flexibility index (Phi) is 18.6. The summed E-state index contributed by atoms with van der Waals surface area (Å²) in [5, 5.41) is 0. The maximum absolute atomic E-state index is 11.9. The Labute approximate surface area is 341 Å². The van der Waals surface area contributed by atoms with E-state index in [1.165, 1.54) is 0 Å². The van der Waals surface area contributed by atoms with Gasteiger partial charge in [-0.15, -0.1) is 0 Å². The first-order chi connectivity index (χ1) is 24.8. The third-order valence-corrected chi connectivity index (χ3v) is 8.68. The molecule has 52 heavy (non-hydrogen) atoms. The first kappa shape index (κ1) is 41.9. The molecular formula is C45H36BiO3S3+3. The number of rotatable bonds is 12. The Balaban J connectivity index is 0.000000208. The molecule has 0 N–H and O–H groups in total. The number of carbonyl (C=O) groups excluding carboxylic acids is 3. The Hall–Kier alpha value is -4.52. The van der Waals surface area contributed by atoms with Gasteiger partial charge in [-0.2, -0.15) is 0 Å². The standard InChI is InChI=1S/3C15H12OS.Bi/c3*16-14(12-7-3-1-4-8-12)11-15(17)13-9-5-2-6-10-13;/h3*1-10H,11H2;/q;;;+3. The van der Waals surface area contributed by atoms with E-state index in [4.69, 9.17) is 36.7 Å². The van der Waals surface area contributed by atoms with Gasteiger partial charge in [-0.1, -0.05) is 219 Å². The van der Waals surface area contributed by atoms with Crippen LogP contribution in [0.4, 0.5) is 0 Å². The molecule has 0 unspecified atom stereocenters. The topological polar surface area (TPSA) is 51.2 Å². The molecule has 0 saturated carbocycles. The van der Waals surface area contributed by atoms with E-state index in [2.05, 4.69) is 0 Å². The minimum absolute atomic E-state index is 0. The van der Waals surface area contributed by atoms with E-state index in [0.29, 0.717) is 50.5 Å². The smallest absolute Gasteiger partial charge is 0.294 e. The summed E-state index contributed by atoms with van der Waals surface area (Å²) in [7, 11) is 0. The van der Waals surface area contributed by atoms with E-state index >= 15 is 0 Å². The summed E-state index contributed by atoms with van der Waals surface area (Å²) in [4.78, 5) is 37.9. The van der Waals surface area contributed by atoms with Gasteiger partial charge in [0.15, 0.2) is 17.3 Å². The maximum atomic E-state index is 11.9. The molecule has 0 amide bonds. The molecule has 2 radical (unpaired) electrons. The van der Waals surface area contributed by atoms with Crippen LogP contribution in [0.3, 0.4) is 0 Å². The number of benzene rings is 6. The fourth-order valence-corrected chi connectivity index (χ4v) is 5.60. The van der Waals surface area contributed by atoms with Gasteiger partial charge in [0, 0.05) is 50.5 Å². The first-order valence-corrected chi connectivity index (χ1v) is 17.5. The monoisotopic (exact) mass is 929 g/mol. The average molecular weight is 930 g/mol. The van der Waals surface area contributed by atoms with Crippen molar-refractivity contribution in [3.8, 4) is 0 Å². The number of thiocarbonyl (C=S) groups is 3. The van der Waals surface area contributed by atoms with Crippen LogP contribution in [0.25, 0.3) is 0 Å². The molecule has 6 rings (SSSR count). The van der Waals surface area contributed by atoms with Crippen molar-refractivity contribution in [1.29, 1.82) is 0 Å². The molecule has 0 atom stereocenters. The molecule has 6 aromatic carbocycles. The minimum atomic E-state index is 0. The van der Waals surface area contributed by atoms with Gasteiger partial charge in [-0.05, 0) is 16.7 Å². The van der Waals surface area contributed by atoms with Crippen LogP contribution in [-0.2, 0) is 0 Å². The third-order valence-electron chi connectivity index (χ3n) is 7.54. The van der Waals surface area contributed by atoms with Crippen molar-refractivity contribution in [3.63, 3.8) is 0 Å². The number of Topliss-reactive ketones (excluding diaryl/α,β-unsaturated/α-hetero) is 3. The Morgan fingerprint density at radius 2 is 0.442 bits per heavy atom. The first-order valence-electron chi connectivity index (χ1n) is 16.3. The van der Waals surface area contributed by atoms with Crippen LogP contribution in [0.5, 0.6) is 0 Å². The average Bonchev–Trinajstić information content (AvgIpc) is 3.20. The van der Waals surface area contributed by atoms with Crippen LogP contribution >= 0.6 is 36.7 Å². The van der Waals surface area contributed by atoms with Gasteiger partial charge in [0.05, 0.1) is 0 Å². The molecule has 0 heterocycles. The Morgan fingerprint density at radius 1 is 0.288 bits per heavy atom. The van der Waals surface area contributed by atoms with Crippen molar-refractivity contribution in [1.82, 2.24) is 0 Å². The van der Waals surface area contributed by atoms with Gasteiger partial charge in [-0.3, -0.25) is 14.4 Å². The summed E-state index contributed by atoms with van der Waals surface area (Å²) in [6, 6.07) is 56.7. The largest absolute Gasteiger partial charge is 3.00 e. The Morgan fingerprint density at radius 3 is 0.615 bits per heavy atom. The molecule has 7 heteroatoms. The predicted octanol–water partition coefficient (Wildman–Crippen LogP) is 10.7. The molecule has 0 bridgehead atoms. The second kappa shape index (κ2) is 23.1. The quantitative estimate of drug-likeness (QED) is 0.0692. The molecule has 0 saturated heterocycles. The van der Waals surface area contributed by atoms with Crippen molar-refractivity contribution in [2.45, 2.75) is 19.3 Å². The van der Waals surface area contributed by atoms with Crippen LogP contribution in [0.2, 0.25) is 0 Å². The molecule has 0 aliphatic rings. The van der Waals surface area contributed by atoms with Gasteiger partial charge in [-0.25, -0.2) is 0 Å². The number of ketones is 3. The number of hydrogen-bond donors (Lipinski definition) is 0. The normalized spacial score (nSPS) is 9.69. The Bertz CT molecular complexity index is 1650. The molecule has 0 aromatic heterocycles. The van der Waals surface area contributed by atoms with E-state index in [1.807, 2.05) is 182 Å². The summed E-state index contributed by atoms with van der Waals surface area (Å²) in [5.74, 6) is 0.207. The summed E-state index contributed by atoms with van der Waals surface area (Å²) in [6.45, 7) is 0. The van der Waals surface area contributed by atoms with Crippen LogP contribution in [0.15, 0.2) is 182 Å². The van der Waals surface area contributed by atoms with Crippen LogP contribution in [0.1, 0.15) is 67.0 Å². The van der Waals surface area contributed by atoms with Crippen molar-refractivity contribution in [3.05, 3.63) is 215 Å². The summed E-state index contributed by atoms with van der Waals surface area (Å²) < 4.78 is 0. The van der Waals surface area contributed by atoms with Crippen molar-refractivity contribution >= 4 is 94.8 Å². The fraction of sp³-hybridized carbons (Fsp3) is 0.0667. The van der Waals surface area contributed by atoms with Crippen LogP contribution in [-0.4, -0.2) is 58.1 Å². The molecule has 0 aliphatic heterocycles. The maximum Gasteiger partial charge on any atom is 3.00 e. The van der Waals surface area contributed by atoms with E-state index in [9.17, 15) is 14.4 Å². The van der Waals surface area contributed by atoms with E-state index in [1.54, 1.807) is 0 Å². The molecule has 0 fully saturated rings. The van der Waals surface area contributed by atoms with Crippen molar-refractivity contribution in [2.24, 2.45) is 0 Å². The van der Waals surface area contributed by atoms with Crippen LogP contribution in [0, 0.1) is 0 Å². The van der Waals surface area contributed by atoms with Gasteiger partial charge in [0.25, 0.3) is 0 Å². The zero-order valence-electron chi connectivity index (χ0n) is 28.3. The summed E-state index contributed by atoms with van der Waals surface area (Å²) >= 11 is 15.8. The van der Waals surface area contributed by atoms with Crippen LogP contribution < -0.4 is 0 Å². The second-order valence-electron chi connectivity index (χ2n) is 11.3. The molecule has 3 nitrogen and oxygen atoms in total. The van der Waals surface area contributed by atoms with Crippen molar-refractivity contribution in [2.75, 3.05) is 0 Å². The van der Waals surface area contributed by atoms with E-state index in [0.717, 1.165) is 16.7 Å². The SMILES string of the molecule is O=C(CC(=S)c1ccccc1)c1ccccc1.O=C(CC(=S)c1ccccc1)c1ccccc1.O=C(CC(=S)c1ccccc1)c1ccccc1.[Bi+3]. The molecule has 6 aromatic rings. The zero-order valence-corrected chi connectivity index (χ0v) is 34.3. The molecule has 254 valence electrons. The van der Waals surface area contributed by atoms with E-state index in [-0.39, 0.29) is 43.6 Å². The molecule has 0 spiro atoms. The number of carbonyl (C=O) groups is 3. The minimum Gasteiger partial charge on any atom is -0.294 e. The zero-order chi connectivity index (χ0) is 36.3. The third kappa shape index (κ3) is 14.2. The van der Waals surface area contributed by atoms with Gasteiger partial charge < -0.3 is 0 Å². The number of hydrogen-bond acceptors (Lipinski definition) is 6. The van der Waals surface area contributed by atoms with Gasteiger partial charge >= 0.3 is 26.2 Å². The van der Waals surface area contributed by atoms with Gasteiger partial charge in [0.1, 0.15) is 0 Å².